The Morgan fingerprint density at radius 2 is 1.53 bits per heavy atom. The van der Waals surface area contributed by atoms with Gasteiger partial charge in [0.05, 0.1) is 5.69 Å². The van der Waals surface area contributed by atoms with Crippen molar-refractivity contribution in [1.29, 1.82) is 0 Å². The van der Waals surface area contributed by atoms with Crippen LogP contribution in [0.3, 0.4) is 0 Å². The molecule has 14 heteroatoms. The maximum Gasteiger partial charge on any atom is 0.435 e. The highest BCUT2D eigenvalue weighted by Gasteiger charge is 2.42. The Labute approximate surface area is 208 Å². The van der Waals surface area contributed by atoms with Crippen molar-refractivity contribution in [3.63, 3.8) is 0 Å². The van der Waals surface area contributed by atoms with Gasteiger partial charge in [-0.05, 0) is 48.5 Å². The Kier molecular flexibility index (Phi) is 6.67. The molecule has 0 fully saturated rings. The van der Waals surface area contributed by atoms with Gasteiger partial charge in [-0.2, -0.15) is 31.4 Å². The van der Waals surface area contributed by atoms with Crippen LogP contribution in [0, 0.1) is 0 Å². The van der Waals surface area contributed by atoms with Crippen molar-refractivity contribution in [3.8, 4) is 17.4 Å². The number of nitrogens with zero attached hydrogens (tertiary/aromatic N) is 2. The van der Waals surface area contributed by atoms with Gasteiger partial charge in [-0.1, -0.05) is 23.2 Å². The van der Waals surface area contributed by atoms with E-state index in [1.165, 1.54) is 42.5 Å². The van der Waals surface area contributed by atoms with Crippen LogP contribution in [0.15, 0.2) is 65.1 Å². The minimum atomic E-state index is -5.08. The highest BCUT2D eigenvalue weighted by Crippen LogP contribution is 2.36. The van der Waals surface area contributed by atoms with Crippen molar-refractivity contribution in [2.24, 2.45) is 0 Å². The van der Waals surface area contributed by atoms with Crippen LogP contribution >= 0.6 is 23.2 Å². The second-order valence-corrected chi connectivity index (χ2v) is 8.02. The number of anilines is 1. The van der Waals surface area contributed by atoms with Gasteiger partial charge in [-0.25, -0.2) is 4.68 Å². The van der Waals surface area contributed by atoms with Gasteiger partial charge in [0.1, 0.15) is 11.4 Å². The zero-order valence-corrected chi connectivity index (χ0v) is 18.9. The molecular weight excluding hydrogens is 539 g/mol. The van der Waals surface area contributed by atoms with E-state index in [0.29, 0.717) is 10.0 Å². The summed E-state index contributed by atoms with van der Waals surface area (Å²) in [4.78, 5) is 12.4. The quantitative estimate of drug-likeness (QED) is 0.257. The highest BCUT2D eigenvalue weighted by atomic mass is 35.5. The normalized spacial score (nSPS) is 12.0. The van der Waals surface area contributed by atoms with Gasteiger partial charge in [0, 0.05) is 27.9 Å². The average Bonchev–Trinajstić information content (AvgIpc) is 3.41. The molecule has 0 aliphatic carbocycles. The van der Waals surface area contributed by atoms with Gasteiger partial charge in [0.2, 0.25) is 0 Å². The first-order valence-corrected chi connectivity index (χ1v) is 10.5. The summed E-state index contributed by atoms with van der Waals surface area (Å²) in [5, 5.41) is 6.12. The number of amides is 1. The SMILES string of the molecule is O=C(Nc1ccc(-n2nc(C(F)(F)F)cc2C(F)(F)F)cc1)c1ccc(Oc2cc(Cl)cc(Cl)c2)o1. The molecule has 0 saturated heterocycles. The summed E-state index contributed by atoms with van der Waals surface area (Å²) in [5.41, 5.74) is -3.47. The standard InChI is InChI=1S/C22H11Cl2F6N3O3/c23-11-7-12(24)9-15(8-11)35-19-6-5-16(36-19)20(34)31-13-1-3-14(4-2-13)33-18(22(28,29)30)10-17(32-33)21(25,26)27/h1-10H,(H,31,34). The molecule has 0 unspecified atom stereocenters. The minimum Gasteiger partial charge on any atom is -0.426 e. The molecule has 0 aliphatic heterocycles. The summed E-state index contributed by atoms with van der Waals surface area (Å²) in [7, 11) is 0. The number of alkyl halides is 6. The number of carbonyl (C=O) groups excluding carboxylic acids is 1. The van der Waals surface area contributed by atoms with Crippen LogP contribution in [0.2, 0.25) is 10.0 Å². The van der Waals surface area contributed by atoms with Gasteiger partial charge in [0.15, 0.2) is 11.5 Å². The number of carbonyl (C=O) groups is 1. The van der Waals surface area contributed by atoms with E-state index in [2.05, 4.69) is 10.4 Å². The van der Waals surface area contributed by atoms with E-state index in [-0.39, 0.29) is 39.6 Å². The van der Waals surface area contributed by atoms with Gasteiger partial charge in [-0.3, -0.25) is 4.79 Å². The maximum atomic E-state index is 13.2. The molecule has 0 atom stereocenters. The number of ether oxygens (including phenoxy) is 1. The Bertz CT molecular complexity index is 1390. The molecule has 2 heterocycles. The molecule has 0 aliphatic rings. The van der Waals surface area contributed by atoms with Gasteiger partial charge >= 0.3 is 12.4 Å². The first-order valence-electron chi connectivity index (χ1n) is 9.69. The monoisotopic (exact) mass is 549 g/mol. The second kappa shape index (κ2) is 9.43. The summed E-state index contributed by atoms with van der Waals surface area (Å²) in [5.74, 6) is -0.679. The van der Waals surface area contributed by atoms with Crippen molar-refractivity contribution in [2.75, 3.05) is 5.32 Å². The molecule has 1 amide bonds. The zero-order valence-electron chi connectivity index (χ0n) is 17.4. The molecule has 1 N–H and O–H groups in total. The Morgan fingerprint density at radius 1 is 0.889 bits per heavy atom. The second-order valence-electron chi connectivity index (χ2n) is 7.15. The molecule has 4 aromatic rings. The third-order valence-electron chi connectivity index (χ3n) is 4.52. The summed E-state index contributed by atoms with van der Waals surface area (Å²) in [6.45, 7) is 0. The van der Waals surface area contributed by atoms with Crippen LogP contribution < -0.4 is 10.1 Å². The third kappa shape index (κ3) is 5.77. The van der Waals surface area contributed by atoms with Crippen molar-refractivity contribution < 1.29 is 40.3 Å². The zero-order chi connectivity index (χ0) is 26.3. The molecule has 0 spiro atoms. The number of furan rings is 1. The maximum absolute atomic E-state index is 13.2. The van der Waals surface area contributed by atoms with Crippen LogP contribution in [-0.2, 0) is 12.4 Å². The van der Waals surface area contributed by atoms with E-state index in [1.807, 2.05) is 0 Å². The largest absolute Gasteiger partial charge is 0.435 e. The highest BCUT2D eigenvalue weighted by molar-refractivity contribution is 6.34. The van der Waals surface area contributed by atoms with Crippen LogP contribution in [0.1, 0.15) is 21.9 Å². The first-order chi connectivity index (χ1) is 16.8. The molecule has 36 heavy (non-hydrogen) atoms. The first kappa shape index (κ1) is 25.5. The fourth-order valence-electron chi connectivity index (χ4n) is 3.00. The van der Waals surface area contributed by atoms with Crippen LogP contribution in [0.25, 0.3) is 5.69 Å². The van der Waals surface area contributed by atoms with Crippen molar-refractivity contribution in [2.45, 2.75) is 12.4 Å². The molecule has 6 nitrogen and oxygen atoms in total. The van der Waals surface area contributed by atoms with Gasteiger partial charge in [-0.15, -0.1) is 0 Å². The molecule has 0 saturated carbocycles. The molecular formula is C22H11Cl2F6N3O3. The lowest BCUT2D eigenvalue weighted by Gasteiger charge is -2.11. The minimum absolute atomic E-state index is 0.0485. The number of aromatic nitrogens is 2. The fraction of sp³-hybridized carbons (Fsp3) is 0.0909. The number of hydrogen-bond donors (Lipinski definition) is 1. The molecule has 0 radical (unpaired) electrons. The lowest BCUT2D eigenvalue weighted by atomic mass is 10.2. The third-order valence-corrected chi connectivity index (χ3v) is 4.96. The molecule has 188 valence electrons. The van der Waals surface area contributed by atoms with Crippen LogP contribution in [0.5, 0.6) is 11.7 Å². The van der Waals surface area contributed by atoms with E-state index >= 15 is 0 Å². The number of rotatable bonds is 5. The van der Waals surface area contributed by atoms with Crippen molar-refractivity contribution in [3.05, 3.63) is 87.9 Å². The van der Waals surface area contributed by atoms with Crippen molar-refractivity contribution in [1.82, 2.24) is 9.78 Å². The smallest absolute Gasteiger partial charge is 0.426 e. The van der Waals surface area contributed by atoms with Gasteiger partial charge < -0.3 is 14.5 Å². The predicted molar refractivity (Wildman–Crippen MR) is 117 cm³/mol. The van der Waals surface area contributed by atoms with E-state index < -0.39 is 29.6 Å². The van der Waals surface area contributed by atoms with Crippen molar-refractivity contribution >= 4 is 34.8 Å². The molecule has 2 aromatic carbocycles. The van der Waals surface area contributed by atoms with E-state index in [4.69, 9.17) is 32.4 Å². The summed E-state index contributed by atoms with van der Waals surface area (Å²) >= 11 is 11.8. The fourth-order valence-corrected chi connectivity index (χ4v) is 3.50. The van der Waals surface area contributed by atoms with E-state index in [1.54, 1.807) is 0 Å². The van der Waals surface area contributed by atoms with Gasteiger partial charge in [0.25, 0.3) is 11.9 Å². The predicted octanol–water partition coefficient (Wildman–Crippen LogP) is 7.85. The average molecular weight is 550 g/mol. The Hall–Kier alpha value is -3.64. The number of halogens is 8. The van der Waals surface area contributed by atoms with E-state index in [0.717, 1.165) is 12.1 Å². The lowest BCUT2D eigenvalue weighted by Crippen LogP contribution is -2.14. The van der Waals surface area contributed by atoms with Crippen LogP contribution in [0.4, 0.5) is 32.0 Å². The molecule has 2 aromatic heterocycles. The summed E-state index contributed by atoms with van der Waals surface area (Å²) in [6, 6.07) is 11.5. The Morgan fingerprint density at radius 3 is 2.11 bits per heavy atom. The lowest BCUT2D eigenvalue weighted by molar-refractivity contribution is -0.143. The summed E-state index contributed by atoms with van der Waals surface area (Å²) < 4.78 is 89.3. The summed E-state index contributed by atoms with van der Waals surface area (Å²) in [6.07, 6.45) is -10.2. The number of hydrogen-bond acceptors (Lipinski definition) is 4. The number of nitrogens with one attached hydrogen (secondary N) is 1. The van der Waals surface area contributed by atoms with Crippen LogP contribution in [-0.4, -0.2) is 15.7 Å². The Balaban J connectivity index is 1.49. The molecule has 0 bridgehead atoms. The molecule has 4 rings (SSSR count). The number of benzene rings is 2. The van der Waals surface area contributed by atoms with E-state index in [9.17, 15) is 31.1 Å². The topological polar surface area (TPSA) is 69.3 Å².